The first kappa shape index (κ1) is 22.3. The molecule has 2 heterocycles. The van der Waals surface area contributed by atoms with Crippen LogP contribution in [0.5, 0.6) is 0 Å². The van der Waals surface area contributed by atoms with E-state index < -0.39 is 5.60 Å². The molecule has 5 fully saturated rings. The van der Waals surface area contributed by atoms with Gasteiger partial charge in [0.2, 0.25) is 0 Å². The van der Waals surface area contributed by atoms with E-state index in [0.717, 1.165) is 49.9 Å². The summed E-state index contributed by atoms with van der Waals surface area (Å²) in [6, 6.07) is 4.25. The van der Waals surface area contributed by atoms with Crippen LogP contribution in [0.15, 0.2) is 27.6 Å². The van der Waals surface area contributed by atoms with Crippen LogP contribution < -0.4 is 10.9 Å². The van der Waals surface area contributed by atoms with Crippen molar-refractivity contribution >= 4 is 0 Å². The van der Waals surface area contributed by atoms with Crippen molar-refractivity contribution in [2.75, 3.05) is 26.2 Å². The minimum Gasteiger partial charge on any atom is -0.431 e. The third kappa shape index (κ3) is 3.25. The summed E-state index contributed by atoms with van der Waals surface area (Å²) in [5, 5.41) is 15.9. The van der Waals surface area contributed by atoms with Gasteiger partial charge in [-0.1, -0.05) is 13.8 Å². The third-order valence-corrected chi connectivity index (χ3v) is 11.6. The topological polar surface area (TPSA) is 65.7 Å². The van der Waals surface area contributed by atoms with Crippen molar-refractivity contribution in [3.8, 4) is 0 Å². The van der Waals surface area contributed by atoms with E-state index in [1.807, 2.05) is 6.07 Å². The van der Waals surface area contributed by atoms with Crippen molar-refractivity contribution in [2.24, 2.45) is 28.6 Å². The fourth-order valence-electron chi connectivity index (χ4n) is 9.68. The van der Waals surface area contributed by atoms with E-state index in [0.29, 0.717) is 17.3 Å². The minimum absolute atomic E-state index is 0.130. The normalized spacial score (nSPS) is 48.0. The molecule has 4 saturated carbocycles. The van der Waals surface area contributed by atoms with Gasteiger partial charge in [0.15, 0.2) is 0 Å². The summed E-state index contributed by atoms with van der Waals surface area (Å²) in [4.78, 5) is 14.3. The number of fused-ring (bicyclic) bond motifs is 5. The van der Waals surface area contributed by atoms with Crippen molar-refractivity contribution in [3.63, 3.8) is 0 Å². The van der Waals surface area contributed by atoms with Gasteiger partial charge in [-0.25, -0.2) is 4.79 Å². The zero-order valence-corrected chi connectivity index (χ0v) is 20.5. The molecule has 0 spiro atoms. The van der Waals surface area contributed by atoms with Gasteiger partial charge in [0.1, 0.15) is 0 Å². The highest BCUT2D eigenvalue weighted by atomic mass is 16.4. The molecule has 5 nitrogen and oxygen atoms in total. The Bertz CT molecular complexity index is 921. The van der Waals surface area contributed by atoms with E-state index in [4.69, 9.17) is 4.42 Å². The number of nitrogens with one attached hydrogen (secondary N) is 1. The third-order valence-electron chi connectivity index (χ3n) is 11.6. The smallest absolute Gasteiger partial charge is 0.335 e. The minimum atomic E-state index is -0.597. The van der Waals surface area contributed by atoms with Gasteiger partial charge in [0.05, 0.1) is 11.9 Å². The molecule has 0 radical (unpaired) electrons. The summed E-state index contributed by atoms with van der Waals surface area (Å²) in [6.07, 6.45) is 12.3. The molecule has 6 rings (SSSR count). The van der Waals surface area contributed by atoms with Crippen LogP contribution in [-0.4, -0.2) is 47.8 Å². The zero-order valence-electron chi connectivity index (χ0n) is 20.5. The Labute approximate surface area is 198 Å². The number of piperazine rings is 1. The molecule has 4 aliphatic carbocycles. The quantitative estimate of drug-likeness (QED) is 0.703. The molecule has 0 unspecified atom stereocenters. The van der Waals surface area contributed by atoms with Crippen molar-refractivity contribution in [1.29, 1.82) is 0 Å². The molecule has 0 bridgehead atoms. The Morgan fingerprint density at radius 1 is 1.00 bits per heavy atom. The second-order valence-corrected chi connectivity index (χ2v) is 12.6. The highest BCUT2D eigenvalue weighted by Gasteiger charge is 2.67. The number of nitrogens with zero attached hydrogens (tertiary/aromatic N) is 1. The first-order valence-electron chi connectivity index (χ1n) is 13.6. The van der Waals surface area contributed by atoms with Crippen molar-refractivity contribution in [1.82, 2.24) is 10.2 Å². The highest BCUT2D eigenvalue weighted by molar-refractivity contribution is 5.27. The SMILES string of the molecule is C[C@]12CC[C@H](N3CCNCC3)C[C@H]1CC[C@@H]1[C@@H]2CC[C@]2(C)[C@@H](c3ccc(=O)oc3)CC[C@]12O. The number of hydrogen-bond acceptors (Lipinski definition) is 5. The summed E-state index contributed by atoms with van der Waals surface area (Å²) >= 11 is 0. The molecule has 0 aromatic carbocycles. The van der Waals surface area contributed by atoms with Gasteiger partial charge in [-0.15, -0.1) is 0 Å². The predicted molar refractivity (Wildman–Crippen MR) is 129 cm³/mol. The number of rotatable bonds is 2. The average molecular weight is 455 g/mol. The van der Waals surface area contributed by atoms with E-state index in [1.165, 1.54) is 51.6 Å². The lowest BCUT2D eigenvalue weighted by molar-refractivity contribution is -0.204. The summed E-state index contributed by atoms with van der Waals surface area (Å²) in [5.74, 6) is 2.14. The predicted octanol–water partition coefficient (Wildman–Crippen LogP) is 4.15. The van der Waals surface area contributed by atoms with Crippen molar-refractivity contribution in [2.45, 2.75) is 89.2 Å². The second kappa shape index (κ2) is 7.93. The first-order valence-corrected chi connectivity index (χ1v) is 13.6. The van der Waals surface area contributed by atoms with Gasteiger partial charge in [-0.2, -0.15) is 0 Å². The van der Waals surface area contributed by atoms with Crippen LogP contribution in [0.25, 0.3) is 0 Å². The van der Waals surface area contributed by atoms with Gasteiger partial charge >= 0.3 is 5.63 Å². The Hall–Kier alpha value is -1.17. The fraction of sp³-hybridized carbons (Fsp3) is 0.821. The van der Waals surface area contributed by atoms with E-state index in [-0.39, 0.29) is 17.0 Å². The lowest BCUT2D eigenvalue weighted by Crippen LogP contribution is -2.62. The molecule has 1 aromatic heterocycles. The molecule has 1 aliphatic heterocycles. The molecular weight excluding hydrogens is 412 g/mol. The largest absolute Gasteiger partial charge is 0.431 e. The van der Waals surface area contributed by atoms with Gasteiger partial charge < -0.3 is 14.8 Å². The molecule has 0 amide bonds. The number of hydrogen-bond donors (Lipinski definition) is 2. The van der Waals surface area contributed by atoms with Crippen molar-refractivity contribution < 1.29 is 9.52 Å². The Kier molecular flexibility index (Phi) is 5.36. The summed E-state index contributed by atoms with van der Waals surface area (Å²) in [6.45, 7) is 9.62. The maximum atomic E-state index is 12.4. The van der Waals surface area contributed by atoms with Crippen LogP contribution in [0.2, 0.25) is 0 Å². The molecule has 1 aromatic rings. The summed E-state index contributed by atoms with van der Waals surface area (Å²) in [5.41, 5.74) is 0.462. The van der Waals surface area contributed by atoms with Crippen molar-refractivity contribution in [3.05, 3.63) is 34.4 Å². The van der Waals surface area contributed by atoms with Gasteiger partial charge in [-0.05, 0) is 98.5 Å². The summed E-state index contributed by atoms with van der Waals surface area (Å²) in [7, 11) is 0. The molecule has 2 N–H and O–H groups in total. The molecule has 1 saturated heterocycles. The van der Waals surface area contributed by atoms with Crippen LogP contribution in [0.3, 0.4) is 0 Å². The average Bonchev–Trinajstić information content (AvgIpc) is 3.11. The zero-order chi connectivity index (χ0) is 22.8. The van der Waals surface area contributed by atoms with Gasteiger partial charge in [0, 0.05) is 43.7 Å². The lowest BCUT2D eigenvalue weighted by atomic mass is 9.43. The van der Waals surface area contributed by atoms with Crippen LogP contribution in [0.4, 0.5) is 0 Å². The lowest BCUT2D eigenvalue weighted by Gasteiger charge is -2.64. The molecule has 5 heteroatoms. The maximum Gasteiger partial charge on any atom is 0.335 e. The second-order valence-electron chi connectivity index (χ2n) is 12.6. The van der Waals surface area contributed by atoms with Crippen LogP contribution >= 0.6 is 0 Å². The Morgan fingerprint density at radius 3 is 2.58 bits per heavy atom. The van der Waals surface area contributed by atoms with Crippen LogP contribution in [-0.2, 0) is 0 Å². The fourth-order valence-corrected chi connectivity index (χ4v) is 9.68. The van der Waals surface area contributed by atoms with Crippen LogP contribution in [0, 0.1) is 28.6 Å². The van der Waals surface area contributed by atoms with E-state index >= 15 is 0 Å². The van der Waals surface area contributed by atoms with E-state index in [9.17, 15) is 9.90 Å². The molecule has 5 aliphatic rings. The molecule has 8 atom stereocenters. The maximum absolute atomic E-state index is 12.4. The monoisotopic (exact) mass is 454 g/mol. The Balaban J connectivity index is 1.24. The van der Waals surface area contributed by atoms with E-state index in [1.54, 1.807) is 12.3 Å². The highest BCUT2D eigenvalue weighted by Crippen LogP contribution is 2.70. The van der Waals surface area contributed by atoms with Gasteiger partial charge in [-0.3, -0.25) is 4.90 Å². The first-order chi connectivity index (χ1) is 15.8. The standard InChI is InChI=1S/C28H42N2O3/c1-26-10-7-21(30-15-13-29-14-16-30)17-20(26)4-5-24-23(26)8-11-27(2)22(9-12-28(24,27)32)19-3-6-25(31)33-18-19/h3,6,18,20-24,29,32H,4-5,7-17H2,1-2H3/t20-,21+,22-,23+,24-,26+,27-,28+/m1/s1. The number of aliphatic hydroxyl groups is 1. The molecule has 33 heavy (non-hydrogen) atoms. The summed E-state index contributed by atoms with van der Waals surface area (Å²) < 4.78 is 5.24. The Morgan fingerprint density at radius 2 is 1.82 bits per heavy atom. The molecular formula is C28H42N2O3. The van der Waals surface area contributed by atoms with Crippen LogP contribution in [0.1, 0.15) is 83.1 Å². The van der Waals surface area contributed by atoms with Gasteiger partial charge in [0.25, 0.3) is 0 Å². The van der Waals surface area contributed by atoms with E-state index in [2.05, 4.69) is 24.1 Å². The molecule has 182 valence electrons.